The van der Waals surface area contributed by atoms with Crippen LogP contribution in [0.4, 0.5) is 14.5 Å². The summed E-state index contributed by atoms with van der Waals surface area (Å²) < 4.78 is 33.5. The standard InChI is InChI=1S/C20H21F2N3O/c1-25(2)18(13-5-4-6-14(11-13)26-3)12-24-17-9-10-23-20-16(22)8-7-15(21)19(17)20/h4-11,18H,12H2,1-3H3,(H,23,24). The van der Waals surface area contributed by atoms with Gasteiger partial charge in [-0.05, 0) is 50.0 Å². The van der Waals surface area contributed by atoms with Crippen molar-refractivity contribution in [2.45, 2.75) is 6.04 Å². The van der Waals surface area contributed by atoms with Gasteiger partial charge in [0.1, 0.15) is 22.9 Å². The highest BCUT2D eigenvalue weighted by molar-refractivity contribution is 5.91. The molecular formula is C20H21F2N3O. The van der Waals surface area contributed by atoms with Gasteiger partial charge < -0.3 is 15.0 Å². The fourth-order valence-corrected chi connectivity index (χ4v) is 2.99. The fourth-order valence-electron chi connectivity index (χ4n) is 2.99. The average molecular weight is 357 g/mol. The number of fused-ring (bicyclic) bond motifs is 1. The quantitative estimate of drug-likeness (QED) is 0.716. The average Bonchev–Trinajstić information content (AvgIpc) is 2.65. The highest BCUT2D eigenvalue weighted by Crippen LogP contribution is 2.28. The summed E-state index contributed by atoms with van der Waals surface area (Å²) in [5, 5.41) is 3.41. The molecule has 0 radical (unpaired) electrons. The van der Waals surface area contributed by atoms with E-state index < -0.39 is 11.6 Å². The maximum Gasteiger partial charge on any atom is 0.149 e. The van der Waals surface area contributed by atoms with E-state index in [2.05, 4.69) is 15.2 Å². The highest BCUT2D eigenvalue weighted by atomic mass is 19.1. The number of nitrogens with zero attached hydrogens (tertiary/aromatic N) is 2. The number of benzene rings is 2. The third-order valence-corrected chi connectivity index (χ3v) is 4.38. The van der Waals surface area contributed by atoms with Crippen LogP contribution >= 0.6 is 0 Å². The Morgan fingerprint density at radius 2 is 1.88 bits per heavy atom. The minimum Gasteiger partial charge on any atom is -0.497 e. The van der Waals surface area contributed by atoms with E-state index in [0.717, 1.165) is 23.4 Å². The van der Waals surface area contributed by atoms with Crippen molar-refractivity contribution < 1.29 is 13.5 Å². The molecule has 0 aliphatic rings. The number of likely N-dealkylation sites (N-methyl/N-ethyl adjacent to an activating group) is 1. The lowest BCUT2D eigenvalue weighted by Gasteiger charge is -2.26. The number of aromatic nitrogens is 1. The predicted molar refractivity (Wildman–Crippen MR) is 99.6 cm³/mol. The number of rotatable bonds is 6. The van der Waals surface area contributed by atoms with Gasteiger partial charge in [0.05, 0.1) is 18.5 Å². The lowest BCUT2D eigenvalue weighted by molar-refractivity contribution is 0.310. The first-order valence-electron chi connectivity index (χ1n) is 8.28. The molecule has 2 aromatic carbocycles. The number of nitrogens with one attached hydrogen (secondary N) is 1. The maximum atomic E-state index is 14.3. The van der Waals surface area contributed by atoms with Gasteiger partial charge in [0.2, 0.25) is 0 Å². The van der Waals surface area contributed by atoms with Crippen molar-refractivity contribution in [2.75, 3.05) is 33.1 Å². The smallest absolute Gasteiger partial charge is 0.149 e. The number of anilines is 1. The minimum absolute atomic E-state index is 0.0185. The molecule has 0 aliphatic carbocycles. The molecule has 0 spiro atoms. The van der Waals surface area contributed by atoms with Crippen molar-refractivity contribution in [1.29, 1.82) is 0 Å². The number of pyridine rings is 1. The van der Waals surface area contributed by atoms with Crippen LogP contribution in [-0.4, -0.2) is 37.6 Å². The molecule has 0 amide bonds. The summed E-state index contributed by atoms with van der Waals surface area (Å²) in [5.41, 5.74) is 1.60. The summed E-state index contributed by atoms with van der Waals surface area (Å²) in [5.74, 6) is -0.265. The Kier molecular flexibility index (Phi) is 5.32. The van der Waals surface area contributed by atoms with Crippen LogP contribution in [0.25, 0.3) is 10.9 Å². The Bertz CT molecular complexity index is 915. The molecule has 3 aromatic rings. The minimum atomic E-state index is -0.540. The van der Waals surface area contributed by atoms with E-state index >= 15 is 0 Å². The molecule has 3 rings (SSSR count). The van der Waals surface area contributed by atoms with Crippen molar-refractivity contribution in [2.24, 2.45) is 0 Å². The van der Waals surface area contributed by atoms with E-state index in [1.807, 2.05) is 38.4 Å². The van der Waals surface area contributed by atoms with Crippen LogP contribution in [0.3, 0.4) is 0 Å². The zero-order valence-electron chi connectivity index (χ0n) is 15.0. The second-order valence-electron chi connectivity index (χ2n) is 6.25. The van der Waals surface area contributed by atoms with Gasteiger partial charge in [0.15, 0.2) is 0 Å². The summed E-state index contributed by atoms with van der Waals surface area (Å²) in [6.07, 6.45) is 1.48. The van der Waals surface area contributed by atoms with E-state index in [4.69, 9.17) is 4.74 Å². The fraction of sp³-hybridized carbons (Fsp3) is 0.250. The van der Waals surface area contributed by atoms with Crippen molar-refractivity contribution >= 4 is 16.6 Å². The molecule has 0 fully saturated rings. The van der Waals surface area contributed by atoms with Gasteiger partial charge in [0.25, 0.3) is 0 Å². The van der Waals surface area contributed by atoms with Gasteiger partial charge in [-0.3, -0.25) is 4.98 Å². The molecular weight excluding hydrogens is 336 g/mol. The van der Waals surface area contributed by atoms with Gasteiger partial charge in [-0.1, -0.05) is 12.1 Å². The Morgan fingerprint density at radius 1 is 1.12 bits per heavy atom. The first kappa shape index (κ1) is 18.1. The zero-order valence-corrected chi connectivity index (χ0v) is 15.0. The molecule has 0 saturated heterocycles. The molecule has 1 N–H and O–H groups in total. The van der Waals surface area contributed by atoms with Crippen LogP contribution in [0.1, 0.15) is 11.6 Å². The molecule has 1 atom stereocenters. The van der Waals surface area contributed by atoms with E-state index in [-0.39, 0.29) is 16.9 Å². The lowest BCUT2D eigenvalue weighted by Crippen LogP contribution is -2.27. The van der Waals surface area contributed by atoms with E-state index in [9.17, 15) is 8.78 Å². The van der Waals surface area contributed by atoms with Crippen LogP contribution in [0.5, 0.6) is 5.75 Å². The molecule has 1 heterocycles. The molecule has 6 heteroatoms. The Labute approximate surface area is 151 Å². The van der Waals surface area contributed by atoms with Crippen LogP contribution in [-0.2, 0) is 0 Å². The first-order valence-corrected chi connectivity index (χ1v) is 8.28. The summed E-state index contributed by atoms with van der Waals surface area (Å²) in [6, 6.07) is 11.7. The molecule has 0 bridgehead atoms. The highest BCUT2D eigenvalue weighted by Gasteiger charge is 2.17. The van der Waals surface area contributed by atoms with Gasteiger partial charge in [0, 0.05) is 18.4 Å². The number of halogens is 2. The number of ether oxygens (including phenoxy) is 1. The lowest BCUT2D eigenvalue weighted by atomic mass is 10.1. The largest absolute Gasteiger partial charge is 0.497 e. The predicted octanol–water partition coefficient (Wildman–Crippen LogP) is 4.24. The first-order chi connectivity index (χ1) is 12.5. The topological polar surface area (TPSA) is 37.4 Å². The van der Waals surface area contributed by atoms with Crippen molar-refractivity contribution in [3.8, 4) is 5.75 Å². The summed E-state index contributed by atoms with van der Waals surface area (Å²) in [4.78, 5) is 6.02. The second kappa shape index (κ2) is 7.66. The van der Waals surface area contributed by atoms with E-state index in [1.165, 1.54) is 6.20 Å². The van der Waals surface area contributed by atoms with Gasteiger partial charge in [-0.2, -0.15) is 0 Å². The van der Waals surface area contributed by atoms with Crippen LogP contribution < -0.4 is 10.1 Å². The molecule has 1 aromatic heterocycles. The van der Waals surface area contributed by atoms with E-state index in [1.54, 1.807) is 13.2 Å². The van der Waals surface area contributed by atoms with Crippen molar-refractivity contribution in [3.05, 3.63) is 65.9 Å². The normalized spacial score (nSPS) is 12.4. The van der Waals surface area contributed by atoms with E-state index in [0.29, 0.717) is 12.2 Å². The van der Waals surface area contributed by atoms with Crippen LogP contribution in [0.2, 0.25) is 0 Å². The molecule has 1 unspecified atom stereocenters. The molecule has 0 aliphatic heterocycles. The third kappa shape index (κ3) is 3.60. The summed E-state index contributed by atoms with van der Waals surface area (Å²) in [7, 11) is 5.57. The number of hydrogen-bond donors (Lipinski definition) is 1. The molecule has 0 saturated carbocycles. The monoisotopic (exact) mass is 357 g/mol. The van der Waals surface area contributed by atoms with Gasteiger partial charge >= 0.3 is 0 Å². The summed E-state index contributed by atoms with van der Waals surface area (Å²) in [6.45, 7) is 0.509. The summed E-state index contributed by atoms with van der Waals surface area (Å²) >= 11 is 0. The molecule has 26 heavy (non-hydrogen) atoms. The Morgan fingerprint density at radius 3 is 2.62 bits per heavy atom. The Balaban J connectivity index is 1.91. The van der Waals surface area contributed by atoms with Crippen molar-refractivity contribution in [3.63, 3.8) is 0 Å². The van der Waals surface area contributed by atoms with Gasteiger partial charge in [-0.25, -0.2) is 8.78 Å². The number of hydrogen-bond acceptors (Lipinski definition) is 4. The van der Waals surface area contributed by atoms with Crippen LogP contribution in [0, 0.1) is 11.6 Å². The number of methoxy groups -OCH3 is 1. The van der Waals surface area contributed by atoms with Gasteiger partial charge in [-0.15, -0.1) is 0 Å². The Hall–Kier alpha value is -2.73. The zero-order chi connectivity index (χ0) is 18.7. The van der Waals surface area contributed by atoms with Crippen molar-refractivity contribution in [1.82, 2.24) is 9.88 Å². The molecule has 136 valence electrons. The third-order valence-electron chi connectivity index (χ3n) is 4.38. The SMILES string of the molecule is COc1cccc(C(CNc2ccnc3c(F)ccc(F)c23)N(C)C)c1. The second-order valence-corrected chi connectivity index (χ2v) is 6.25. The maximum absolute atomic E-state index is 14.3. The molecule has 4 nitrogen and oxygen atoms in total. The van der Waals surface area contributed by atoms with Crippen LogP contribution in [0.15, 0.2) is 48.7 Å².